The number of hydrogen-bond acceptors (Lipinski definition) is 4. The van der Waals surface area contributed by atoms with Crippen LogP contribution in [0.4, 0.5) is 0 Å². The molecule has 0 bridgehead atoms. The van der Waals surface area contributed by atoms with Gasteiger partial charge < -0.3 is 5.11 Å². The van der Waals surface area contributed by atoms with E-state index in [4.69, 9.17) is 0 Å². The Hall–Kier alpha value is -2.27. The van der Waals surface area contributed by atoms with Gasteiger partial charge >= 0.3 is 0 Å². The van der Waals surface area contributed by atoms with Gasteiger partial charge in [0.05, 0.1) is 11.8 Å². The van der Waals surface area contributed by atoms with E-state index in [1.165, 1.54) is 0 Å². The van der Waals surface area contributed by atoms with Crippen molar-refractivity contribution < 1.29 is 5.11 Å². The van der Waals surface area contributed by atoms with E-state index < -0.39 is 6.10 Å². The Morgan fingerprint density at radius 3 is 2.79 bits per heavy atom. The maximum absolute atomic E-state index is 10.2. The van der Waals surface area contributed by atoms with E-state index in [0.717, 1.165) is 17.1 Å². The van der Waals surface area contributed by atoms with E-state index in [1.807, 2.05) is 47.9 Å². The molecule has 1 aromatic carbocycles. The fourth-order valence-electron chi connectivity index (χ4n) is 2.11. The van der Waals surface area contributed by atoms with Crippen molar-refractivity contribution in [3.8, 4) is 0 Å². The molecule has 3 aromatic rings. The highest BCUT2D eigenvalue weighted by atomic mass is 16.3. The predicted molar refractivity (Wildman–Crippen MR) is 70.6 cm³/mol. The monoisotopic (exact) mass is 254 g/mol. The molecule has 19 heavy (non-hydrogen) atoms. The SMILES string of the molecule is Cc1nnc2c(CC(O)c3ccccc3)nccn12. The largest absolute Gasteiger partial charge is 0.388 e. The van der Waals surface area contributed by atoms with E-state index >= 15 is 0 Å². The normalized spacial score (nSPS) is 12.7. The average molecular weight is 254 g/mol. The molecule has 1 unspecified atom stereocenters. The van der Waals surface area contributed by atoms with E-state index in [1.54, 1.807) is 6.20 Å². The average Bonchev–Trinajstić information content (AvgIpc) is 2.83. The lowest BCUT2D eigenvalue weighted by molar-refractivity contribution is 0.177. The second kappa shape index (κ2) is 4.78. The second-order valence-corrected chi connectivity index (χ2v) is 4.45. The first kappa shape index (κ1) is 11.8. The van der Waals surface area contributed by atoms with Crippen LogP contribution in [0.3, 0.4) is 0 Å². The van der Waals surface area contributed by atoms with Crippen molar-refractivity contribution in [2.24, 2.45) is 0 Å². The van der Waals surface area contributed by atoms with Gasteiger partial charge in [-0.2, -0.15) is 0 Å². The third kappa shape index (κ3) is 2.20. The van der Waals surface area contributed by atoms with Crippen LogP contribution in [-0.2, 0) is 6.42 Å². The maximum atomic E-state index is 10.2. The molecule has 0 fully saturated rings. The number of aliphatic hydroxyl groups excluding tert-OH is 1. The summed E-state index contributed by atoms with van der Waals surface area (Å²) in [5.74, 6) is 0.813. The topological polar surface area (TPSA) is 63.3 Å². The van der Waals surface area contributed by atoms with Crippen molar-refractivity contribution in [3.63, 3.8) is 0 Å². The smallest absolute Gasteiger partial charge is 0.182 e. The maximum Gasteiger partial charge on any atom is 0.182 e. The Morgan fingerprint density at radius 2 is 2.00 bits per heavy atom. The molecule has 0 saturated heterocycles. The highest BCUT2D eigenvalue weighted by molar-refractivity contribution is 5.43. The molecular formula is C14H14N4O. The molecule has 1 atom stereocenters. The zero-order valence-corrected chi connectivity index (χ0v) is 10.6. The van der Waals surface area contributed by atoms with Crippen LogP contribution in [0.5, 0.6) is 0 Å². The third-order valence-corrected chi connectivity index (χ3v) is 3.14. The van der Waals surface area contributed by atoms with Gasteiger partial charge in [0.1, 0.15) is 5.82 Å². The van der Waals surface area contributed by atoms with E-state index in [-0.39, 0.29) is 0 Å². The summed E-state index contributed by atoms with van der Waals surface area (Å²) in [6, 6.07) is 9.55. The molecule has 2 aromatic heterocycles. The Balaban J connectivity index is 1.93. The Labute approximate surface area is 110 Å². The minimum absolute atomic E-state index is 0.423. The summed E-state index contributed by atoms with van der Waals surface area (Å²) in [4.78, 5) is 4.30. The minimum atomic E-state index is -0.586. The number of rotatable bonds is 3. The van der Waals surface area contributed by atoms with Crippen molar-refractivity contribution in [1.82, 2.24) is 19.6 Å². The quantitative estimate of drug-likeness (QED) is 0.772. The molecule has 0 aliphatic carbocycles. The zero-order chi connectivity index (χ0) is 13.2. The van der Waals surface area contributed by atoms with Gasteiger partial charge in [-0.3, -0.25) is 9.38 Å². The van der Waals surface area contributed by atoms with Gasteiger partial charge in [-0.25, -0.2) is 0 Å². The summed E-state index contributed by atoms with van der Waals surface area (Å²) >= 11 is 0. The van der Waals surface area contributed by atoms with Crippen molar-refractivity contribution in [3.05, 3.63) is 59.8 Å². The van der Waals surface area contributed by atoms with Crippen molar-refractivity contribution >= 4 is 5.65 Å². The van der Waals surface area contributed by atoms with Crippen LogP contribution >= 0.6 is 0 Å². The van der Waals surface area contributed by atoms with Gasteiger partial charge in [-0.05, 0) is 12.5 Å². The number of aliphatic hydroxyl groups is 1. The highest BCUT2D eigenvalue weighted by Crippen LogP contribution is 2.18. The Bertz CT molecular complexity index is 693. The van der Waals surface area contributed by atoms with Crippen molar-refractivity contribution in [2.75, 3.05) is 0 Å². The first-order valence-electron chi connectivity index (χ1n) is 6.14. The lowest BCUT2D eigenvalue weighted by Gasteiger charge is -2.10. The number of fused-ring (bicyclic) bond motifs is 1. The van der Waals surface area contributed by atoms with E-state index in [0.29, 0.717) is 12.1 Å². The van der Waals surface area contributed by atoms with Gasteiger partial charge in [0.25, 0.3) is 0 Å². The molecule has 5 nitrogen and oxygen atoms in total. The lowest BCUT2D eigenvalue weighted by Crippen LogP contribution is -2.05. The third-order valence-electron chi connectivity index (χ3n) is 3.14. The van der Waals surface area contributed by atoms with E-state index in [2.05, 4.69) is 15.2 Å². The highest BCUT2D eigenvalue weighted by Gasteiger charge is 2.13. The van der Waals surface area contributed by atoms with Gasteiger partial charge in [0, 0.05) is 18.8 Å². The Morgan fingerprint density at radius 1 is 1.21 bits per heavy atom. The lowest BCUT2D eigenvalue weighted by atomic mass is 10.1. The summed E-state index contributed by atoms with van der Waals surface area (Å²) in [5, 5.41) is 18.4. The van der Waals surface area contributed by atoms with Gasteiger partial charge in [0.15, 0.2) is 5.65 Å². The first-order valence-corrected chi connectivity index (χ1v) is 6.14. The number of hydrogen-bond donors (Lipinski definition) is 1. The predicted octanol–water partition coefficient (Wildman–Crippen LogP) is 1.71. The summed E-state index contributed by atoms with van der Waals surface area (Å²) in [6.07, 6.45) is 3.36. The van der Waals surface area contributed by atoms with Gasteiger partial charge in [0.2, 0.25) is 0 Å². The number of aromatic nitrogens is 4. The van der Waals surface area contributed by atoms with Crippen LogP contribution in [-0.4, -0.2) is 24.7 Å². The van der Waals surface area contributed by atoms with Crippen molar-refractivity contribution in [2.45, 2.75) is 19.4 Å². The van der Waals surface area contributed by atoms with E-state index in [9.17, 15) is 5.11 Å². The van der Waals surface area contributed by atoms with Crippen LogP contribution in [0.15, 0.2) is 42.7 Å². The van der Waals surface area contributed by atoms with Crippen LogP contribution in [0, 0.1) is 6.92 Å². The number of aryl methyl sites for hydroxylation is 1. The van der Waals surface area contributed by atoms with Crippen LogP contribution < -0.4 is 0 Å². The summed E-state index contributed by atoms with van der Waals surface area (Å²) in [5.41, 5.74) is 2.33. The van der Waals surface area contributed by atoms with Crippen LogP contribution in [0.25, 0.3) is 5.65 Å². The fraction of sp³-hybridized carbons (Fsp3) is 0.214. The summed E-state index contributed by atoms with van der Waals surface area (Å²) in [7, 11) is 0. The molecule has 0 aliphatic rings. The Kier molecular flexibility index (Phi) is 2.97. The minimum Gasteiger partial charge on any atom is -0.388 e. The first-order chi connectivity index (χ1) is 9.25. The van der Waals surface area contributed by atoms with Crippen molar-refractivity contribution in [1.29, 1.82) is 0 Å². The number of nitrogens with zero attached hydrogens (tertiary/aromatic N) is 4. The molecule has 2 heterocycles. The molecule has 5 heteroatoms. The fourth-order valence-corrected chi connectivity index (χ4v) is 2.11. The molecule has 1 N–H and O–H groups in total. The van der Waals surface area contributed by atoms with Gasteiger partial charge in [-0.1, -0.05) is 30.3 Å². The molecule has 0 spiro atoms. The molecule has 0 saturated carbocycles. The zero-order valence-electron chi connectivity index (χ0n) is 10.6. The molecule has 96 valence electrons. The van der Waals surface area contributed by atoms with Gasteiger partial charge in [-0.15, -0.1) is 10.2 Å². The second-order valence-electron chi connectivity index (χ2n) is 4.45. The molecule has 0 radical (unpaired) electrons. The summed E-state index contributed by atoms with van der Waals surface area (Å²) in [6.45, 7) is 1.89. The number of benzene rings is 1. The van der Waals surface area contributed by atoms with Crippen LogP contribution in [0.1, 0.15) is 23.2 Å². The molecule has 0 aliphatic heterocycles. The van der Waals surface area contributed by atoms with Crippen LogP contribution in [0.2, 0.25) is 0 Å². The standard InChI is InChI=1S/C14H14N4O/c1-10-16-17-14-12(15-7-8-18(10)14)9-13(19)11-5-3-2-4-6-11/h2-8,13,19H,9H2,1H3. The molecule has 0 amide bonds. The molecular weight excluding hydrogens is 240 g/mol. The molecule has 3 rings (SSSR count). The summed E-state index contributed by atoms with van der Waals surface area (Å²) < 4.78 is 1.88.